The number of nitrogens with zero attached hydrogens (tertiary/aromatic N) is 6. The molecule has 3 aliphatic rings. The first kappa shape index (κ1) is 29.3. The van der Waals surface area contributed by atoms with Gasteiger partial charge in [-0.2, -0.15) is 5.21 Å². The van der Waals surface area contributed by atoms with Gasteiger partial charge in [-0.25, -0.2) is 9.18 Å². The highest BCUT2D eigenvalue weighted by Gasteiger charge is 2.58. The molecule has 2 N–H and O–H groups in total. The Morgan fingerprint density at radius 3 is 2.57 bits per heavy atom. The summed E-state index contributed by atoms with van der Waals surface area (Å²) in [4.78, 5) is 57.5. The zero-order valence-electron chi connectivity index (χ0n) is 24.4. The maximum absolute atomic E-state index is 14.3. The molecule has 12 nitrogen and oxygen atoms in total. The lowest BCUT2D eigenvalue weighted by Gasteiger charge is -2.44. The summed E-state index contributed by atoms with van der Waals surface area (Å²) in [6, 6.07) is 3.49. The third kappa shape index (κ3) is 5.39. The number of H-pyrrole nitrogens is 1. The number of aromatic amines is 1. The summed E-state index contributed by atoms with van der Waals surface area (Å²) in [5, 5.41) is 17.1. The van der Waals surface area contributed by atoms with Crippen molar-refractivity contribution in [3.05, 3.63) is 52.7 Å². The van der Waals surface area contributed by atoms with E-state index in [-0.39, 0.29) is 41.7 Å². The van der Waals surface area contributed by atoms with E-state index in [0.29, 0.717) is 44.6 Å². The Kier molecular flexibility index (Phi) is 8.11. The van der Waals surface area contributed by atoms with Gasteiger partial charge < -0.3 is 10.2 Å². The van der Waals surface area contributed by atoms with Crippen LogP contribution >= 0.6 is 0 Å². The number of urea groups is 1. The summed E-state index contributed by atoms with van der Waals surface area (Å²) in [6.45, 7) is 6.17. The van der Waals surface area contributed by atoms with Crippen molar-refractivity contribution in [2.24, 2.45) is 5.92 Å². The second kappa shape index (κ2) is 11.6. The lowest BCUT2D eigenvalue weighted by Crippen LogP contribution is -2.57. The number of halogens is 1. The number of carbonyl (C=O) groups is 4. The van der Waals surface area contributed by atoms with Gasteiger partial charge in [-0.1, -0.05) is 36.8 Å². The molecule has 2 aromatic rings. The Bertz CT molecular complexity index is 1400. The topological polar surface area (TPSA) is 144 Å². The van der Waals surface area contributed by atoms with Crippen LogP contribution in [0.2, 0.25) is 0 Å². The number of hydrogen-bond donors (Lipinski definition) is 2. The van der Waals surface area contributed by atoms with Crippen molar-refractivity contribution in [2.75, 3.05) is 20.1 Å². The van der Waals surface area contributed by atoms with Gasteiger partial charge in [-0.05, 0) is 57.1 Å². The summed E-state index contributed by atoms with van der Waals surface area (Å²) in [5.41, 5.74) is 0.476. The third-order valence-corrected chi connectivity index (χ3v) is 8.84. The molecule has 1 spiro atoms. The van der Waals surface area contributed by atoms with Crippen LogP contribution in [0.3, 0.4) is 0 Å². The van der Waals surface area contributed by atoms with E-state index in [4.69, 9.17) is 0 Å². The zero-order chi connectivity index (χ0) is 30.2. The number of likely N-dealkylation sites (tertiary alicyclic amines) is 1. The lowest BCUT2D eigenvalue weighted by atomic mass is 9.83. The van der Waals surface area contributed by atoms with Crippen LogP contribution in [0.5, 0.6) is 0 Å². The van der Waals surface area contributed by atoms with E-state index in [2.05, 4.69) is 25.9 Å². The number of rotatable bonds is 7. The van der Waals surface area contributed by atoms with Crippen LogP contribution in [0.15, 0.2) is 30.0 Å². The fraction of sp³-hybridized carbons (Fsp3) is 0.552. The smallest absolute Gasteiger partial charge is 0.331 e. The van der Waals surface area contributed by atoms with Crippen molar-refractivity contribution < 1.29 is 23.6 Å². The second-order valence-corrected chi connectivity index (χ2v) is 11.8. The number of likely N-dealkylation sites (N-methyl/N-ethyl adjacent to an activating group) is 1. The number of benzene rings is 1. The first-order valence-electron chi connectivity index (χ1n) is 14.4. The molecular weight excluding hydrogens is 543 g/mol. The molecule has 0 bridgehead atoms. The fourth-order valence-corrected chi connectivity index (χ4v) is 6.22. The third-order valence-electron chi connectivity index (χ3n) is 8.84. The molecule has 2 saturated heterocycles. The number of imide groups is 1. The van der Waals surface area contributed by atoms with E-state index in [1.54, 1.807) is 22.8 Å². The summed E-state index contributed by atoms with van der Waals surface area (Å²) >= 11 is 0. The minimum absolute atomic E-state index is 0.0446. The van der Waals surface area contributed by atoms with Gasteiger partial charge in [0.1, 0.15) is 11.4 Å². The number of allylic oxidation sites excluding steroid dienone is 2. The first-order chi connectivity index (χ1) is 20.0. The zero-order valence-corrected chi connectivity index (χ0v) is 24.4. The average Bonchev–Trinajstić information content (AvgIpc) is 3.58. The van der Waals surface area contributed by atoms with E-state index in [9.17, 15) is 23.6 Å². The predicted molar refractivity (Wildman–Crippen MR) is 149 cm³/mol. The van der Waals surface area contributed by atoms with Crippen LogP contribution in [0, 0.1) is 18.7 Å². The molecule has 42 heavy (non-hydrogen) atoms. The van der Waals surface area contributed by atoms with E-state index < -0.39 is 23.3 Å². The Morgan fingerprint density at radius 2 is 1.95 bits per heavy atom. The van der Waals surface area contributed by atoms with E-state index in [1.807, 2.05) is 19.9 Å². The lowest BCUT2D eigenvalue weighted by molar-refractivity contribution is -0.140. The maximum Gasteiger partial charge on any atom is 0.331 e. The number of carbonyl (C=O) groups excluding carboxylic acids is 4. The number of aromatic nitrogens is 4. The predicted octanol–water partition coefficient (Wildman–Crippen LogP) is 2.90. The largest absolute Gasteiger partial charge is 0.348 e. The summed E-state index contributed by atoms with van der Waals surface area (Å²) in [5.74, 6) is -0.945. The van der Waals surface area contributed by atoms with Gasteiger partial charge in [0.15, 0.2) is 5.82 Å². The molecule has 1 aromatic carbocycles. The summed E-state index contributed by atoms with van der Waals surface area (Å²) in [7, 11) is 1.50. The van der Waals surface area contributed by atoms with Crippen molar-refractivity contribution in [3.63, 3.8) is 0 Å². The first-order valence-corrected chi connectivity index (χ1v) is 14.4. The van der Waals surface area contributed by atoms with Crippen LogP contribution in [-0.4, -0.2) is 90.8 Å². The molecule has 5 amide bonds. The molecule has 2 fully saturated rings. The molecule has 1 aromatic heterocycles. The Hall–Kier alpha value is -4.16. The van der Waals surface area contributed by atoms with E-state index >= 15 is 0 Å². The van der Waals surface area contributed by atoms with Gasteiger partial charge in [0, 0.05) is 44.2 Å². The molecule has 224 valence electrons. The average molecular weight is 581 g/mol. The molecule has 13 heteroatoms. The maximum atomic E-state index is 14.3. The normalized spacial score (nSPS) is 21.2. The van der Waals surface area contributed by atoms with Crippen molar-refractivity contribution in [1.82, 2.24) is 40.6 Å². The quantitative estimate of drug-likeness (QED) is 0.479. The second-order valence-electron chi connectivity index (χ2n) is 11.8. The van der Waals surface area contributed by atoms with Gasteiger partial charge in [0.2, 0.25) is 5.91 Å². The number of piperidine rings is 1. The Balaban J connectivity index is 1.25. The standard InChI is InChI=1S/C29H37FN8O4/c1-17(2)23(31-26(40)21-15-18(3)5-10-22(21)30)16-24(39)37-13-11-29(12-14-37)27(41)36(4)28(42)38(29)20-8-6-19(7-9-20)25-32-34-35-33-25/h5,8,10,15,17,19,23H,6-7,9,11-14,16H2,1-4H3,(H,31,40)(H,32,33,34,35). The van der Waals surface area contributed by atoms with Gasteiger partial charge in [0.25, 0.3) is 11.8 Å². The molecule has 1 aliphatic carbocycles. The molecule has 2 atom stereocenters. The van der Waals surface area contributed by atoms with Crippen LogP contribution in [0.25, 0.3) is 0 Å². The highest BCUT2D eigenvalue weighted by Crippen LogP contribution is 2.43. The van der Waals surface area contributed by atoms with Crippen molar-refractivity contribution in [1.29, 1.82) is 0 Å². The van der Waals surface area contributed by atoms with Crippen molar-refractivity contribution in [2.45, 2.75) is 76.8 Å². The molecule has 0 saturated carbocycles. The summed E-state index contributed by atoms with van der Waals surface area (Å²) < 4.78 is 14.3. The molecule has 2 aliphatic heterocycles. The van der Waals surface area contributed by atoms with Gasteiger partial charge in [-0.15, -0.1) is 10.2 Å². The van der Waals surface area contributed by atoms with Crippen LogP contribution < -0.4 is 5.32 Å². The molecular formula is C29H37FN8O4. The SMILES string of the molecule is Cc1ccc(F)c(C(=O)NC(CC(=O)N2CCC3(CC2)C(=O)N(C)C(=O)N3C2=CCC(c3nn[nH]n3)CC2)C(C)C)c1. The highest BCUT2D eigenvalue weighted by molar-refractivity contribution is 6.07. The number of aryl methyl sites for hydroxylation is 1. The minimum atomic E-state index is -1.04. The van der Waals surface area contributed by atoms with E-state index in [0.717, 1.165) is 17.7 Å². The molecule has 0 radical (unpaired) electrons. The Labute approximate surface area is 243 Å². The van der Waals surface area contributed by atoms with Crippen LogP contribution in [0.4, 0.5) is 9.18 Å². The van der Waals surface area contributed by atoms with Crippen LogP contribution in [-0.2, 0) is 9.59 Å². The van der Waals surface area contributed by atoms with Gasteiger partial charge >= 0.3 is 6.03 Å². The molecule has 3 heterocycles. The van der Waals surface area contributed by atoms with Crippen LogP contribution in [0.1, 0.15) is 80.0 Å². The monoisotopic (exact) mass is 580 g/mol. The highest BCUT2D eigenvalue weighted by atomic mass is 19.1. The molecule has 5 rings (SSSR count). The van der Waals surface area contributed by atoms with Gasteiger partial charge in [-0.3, -0.25) is 24.2 Å². The number of nitrogens with one attached hydrogen (secondary N) is 2. The van der Waals surface area contributed by atoms with E-state index in [1.165, 1.54) is 24.1 Å². The minimum Gasteiger partial charge on any atom is -0.348 e. The number of amides is 5. The Morgan fingerprint density at radius 1 is 1.21 bits per heavy atom. The number of hydrogen-bond acceptors (Lipinski definition) is 7. The van der Waals surface area contributed by atoms with Gasteiger partial charge in [0.05, 0.1) is 5.56 Å². The number of tetrazole rings is 1. The van der Waals surface area contributed by atoms with Crippen molar-refractivity contribution >= 4 is 23.8 Å². The molecule has 2 unspecified atom stereocenters. The summed E-state index contributed by atoms with van der Waals surface area (Å²) in [6.07, 6.45) is 4.60. The fourth-order valence-electron chi connectivity index (χ4n) is 6.22. The van der Waals surface area contributed by atoms with Crippen molar-refractivity contribution in [3.8, 4) is 0 Å².